The number of aromatic nitrogens is 6. The van der Waals surface area contributed by atoms with Crippen LogP contribution in [0.2, 0.25) is 0 Å². The fourth-order valence-electron chi connectivity index (χ4n) is 4.69. The molecule has 0 unspecified atom stereocenters. The van der Waals surface area contributed by atoms with E-state index < -0.39 is 0 Å². The van der Waals surface area contributed by atoms with Gasteiger partial charge in [0, 0.05) is 34.6 Å². The van der Waals surface area contributed by atoms with E-state index >= 15 is 0 Å². The van der Waals surface area contributed by atoms with Gasteiger partial charge in [-0.3, -0.25) is 15.1 Å². The lowest BCUT2D eigenvalue weighted by atomic mass is 10.1. The Hall–Kier alpha value is -4.52. The average molecular weight is 474 g/mol. The molecule has 0 bridgehead atoms. The van der Waals surface area contributed by atoms with Crippen LogP contribution in [-0.2, 0) is 0 Å². The predicted octanol–water partition coefficient (Wildman–Crippen LogP) is 6.88. The highest BCUT2D eigenvalue weighted by molar-refractivity contribution is 5.99. The molecule has 0 saturated heterocycles. The molecule has 0 amide bonds. The molecule has 0 atom stereocenters. The van der Waals surface area contributed by atoms with E-state index in [1.165, 1.54) is 0 Å². The van der Waals surface area contributed by atoms with Gasteiger partial charge in [-0.1, -0.05) is 38.7 Å². The summed E-state index contributed by atoms with van der Waals surface area (Å²) in [4.78, 5) is 17.6. The SMILES string of the molecule is C=C(CC(C)C)Nc1cncc(-c2ccc3[nH]nc(-c4cc5c(C6=CCC=C6)nccc5[nH]4)c3n2)c1. The number of fused-ring (bicyclic) bond motifs is 2. The van der Waals surface area contributed by atoms with Crippen LogP contribution >= 0.6 is 0 Å². The molecular formula is C29H27N7. The highest BCUT2D eigenvalue weighted by Gasteiger charge is 2.17. The Morgan fingerprint density at radius 1 is 1.11 bits per heavy atom. The first-order valence-electron chi connectivity index (χ1n) is 12.2. The summed E-state index contributed by atoms with van der Waals surface area (Å²) < 4.78 is 0. The molecule has 5 aromatic heterocycles. The summed E-state index contributed by atoms with van der Waals surface area (Å²) in [6.07, 6.45) is 13.8. The molecule has 0 radical (unpaired) electrons. The van der Waals surface area contributed by atoms with E-state index in [4.69, 9.17) is 4.98 Å². The van der Waals surface area contributed by atoms with Gasteiger partial charge in [0.2, 0.25) is 0 Å². The predicted molar refractivity (Wildman–Crippen MR) is 146 cm³/mol. The topological polar surface area (TPSA) is 95.2 Å². The van der Waals surface area contributed by atoms with Crippen LogP contribution in [0.25, 0.3) is 50.2 Å². The third-order valence-electron chi connectivity index (χ3n) is 6.27. The van der Waals surface area contributed by atoms with Gasteiger partial charge in [0.1, 0.15) is 11.2 Å². The number of allylic oxidation sites excluding steroid dienone is 5. The summed E-state index contributed by atoms with van der Waals surface area (Å²) >= 11 is 0. The molecule has 6 rings (SSSR count). The summed E-state index contributed by atoms with van der Waals surface area (Å²) in [5.74, 6) is 0.535. The minimum atomic E-state index is 0.535. The van der Waals surface area contributed by atoms with Crippen molar-refractivity contribution in [2.24, 2.45) is 5.92 Å². The van der Waals surface area contributed by atoms with Crippen molar-refractivity contribution in [3.8, 4) is 22.6 Å². The molecule has 0 aromatic carbocycles. The first-order valence-corrected chi connectivity index (χ1v) is 12.2. The second kappa shape index (κ2) is 8.92. The fraction of sp³-hybridized carbons (Fsp3) is 0.172. The number of pyridine rings is 3. The molecule has 0 saturated carbocycles. The van der Waals surface area contributed by atoms with Crippen LogP contribution in [0, 0.1) is 5.92 Å². The third kappa shape index (κ3) is 4.09. The molecule has 3 N–H and O–H groups in total. The molecule has 1 aliphatic rings. The first kappa shape index (κ1) is 22.0. The van der Waals surface area contributed by atoms with Crippen LogP contribution in [0.15, 0.2) is 79.4 Å². The van der Waals surface area contributed by atoms with E-state index in [1.807, 2.05) is 36.8 Å². The van der Waals surface area contributed by atoms with Crippen molar-refractivity contribution in [3.05, 3.63) is 85.1 Å². The van der Waals surface area contributed by atoms with Crippen molar-refractivity contribution in [1.29, 1.82) is 0 Å². The van der Waals surface area contributed by atoms with Crippen LogP contribution in [-0.4, -0.2) is 30.1 Å². The number of nitrogens with zero attached hydrogens (tertiary/aromatic N) is 4. The van der Waals surface area contributed by atoms with Gasteiger partial charge in [-0.15, -0.1) is 0 Å². The van der Waals surface area contributed by atoms with E-state index in [2.05, 4.69) is 81.3 Å². The molecule has 5 heterocycles. The van der Waals surface area contributed by atoms with Crippen molar-refractivity contribution >= 4 is 33.2 Å². The molecule has 1 aliphatic carbocycles. The van der Waals surface area contributed by atoms with Gasteiger partial charge in [-0.05, 0) is 54.7 Å². The van der Waals surface area contributed by atoms with Gasteiger partial charge in [-0.2, -0.15) is 5.10 Å². The molecule has 7 nitrogen and oxygen atoms in total. The van der Waals surface area contributed by atoms with Crippen LogP contribution in [0.3, 0.4) is 0 Å². The number of hydrogen-bond acceptors (Lipinski definition) is 5. The average Bonchev–Trinajstić information content (AvgIpc) is 3.62. The highest BCUT2D eigenvalue weighted by atomic mass is 15.1. The molecule has 0 aliphatic heterocycles. The summed E-state index contributed by atoms with van der Waals surface area (Å²) in [5.41, 5.74) is 10.1. The Kier molecular flexibility index (Phi) is 5.45. The van der Waals surface area contributed by atoms with Crippen LogP contribution in [0.1, 0.15) is 32.4 Å². The lowest BCUT2D eigenvalue weighted by Gasteiger charge is -2.12. The van der Waals surface area contributed by atoms with Crippen LogP contribution in [0.4, 0.5) is 5.69 Å². The summed E-state index contributed by atoms with van der Waals surface area (Å²) in [7, 11) is 0. The van der Waals surface area contributed by atoms with E-state index in [1.54, 1.807) is 0 Å². The maximum absolute atomic E-state index is 4.98. The zero-order chi connectivity index (χ0) is 24.6. The summed E-state index contributed by atoms with van der Waals surface area (Å²) in [5, 5.41) is 12.2. The van der Waals surface area contributed by atoms with Crippen molar-refractivity contribution in [2.45, 2.75) is 26.7 Å². The highest BCUT2D eigenvalue weighted by Crippen LogP contribution is 2.33. The Morgan fingerprint density at radius 2 is 2.03 bits per heavy atom. The third-order valence-corrected chi connectivity index (χ3v) is 6.27. The molecular weight excluding hydrogens is 446 g/mol. The number of rotatable bonds is 7. The van der Waals surface area contributed by atoms with Gasteiger partial charge < -0.3 is 10.3 Å². The standard InChI is InChI=1S/C29H27N7/c1-17(2)12-18(3)32-21-13-20(15-30-16-21)23-8-9-25-28(34-23)29(36-35-25)26-14-22-24(33-26)10-11-31-27(22)19-6-4-5-7-19/h4,6-11,13-17,32-33H,3,5,12H2,1-2H3,(H,35,36). The summed E-state index contributed by atoms with van der Waals surface area (Å²) in [6, 6.07) is 10.2. The second-order valence-corrected chi connectivity index (χ2v) is 9.56. The van der Waals surface area contributed by atoms with Gasteiger partial charge in [0.05, 0.1) is 34.5 Å². The maximum Gasteiger partial charge on any atom is 0.135 e. The van der Waals surface area contributed by atoms with Gasteiger partial charge in [-0.25, -0.2) is 4.98 Å². The Labute approximate surface area is 209 Å². The van der Waals surface area contributed by atoms with Crippen molar-refractivity contribution in [3.63, 3.8) is 0 Å². The lowest BCUT2D eigenvalue weighted by molar-refractivity contribution is 0.645. The maximum atomic E-state index is 4.98. The molecule has 36 heavy (non-hydrogen) atoms. The van der Waals surface area contributed by atoms with Gasteiger partial charge in [0.15, 0.2) is 0 Å². The van der Waals surface area contributed by atoms with Crippen molar-refractivity contribution in [2.75, 3.05) is 5.32 Å². The van der Waals surface area contributed by atoms with E-state index in [-0.39, 0.29) is 0 Å². The van der Waals surface area contributed by atoms with E-state index in [0.29, 0.717) is 5.92 Å². The quantitative estimate of drug-likeness (QED) is 0.239. The largest absolute Gasteiger partial charge is 0.358 e. The van der Waals surface area contributed by atoms with Gasteiger partial charge >= 0.3 is 0 Å². The minimum absolute atomic E-state index is 0.535. The number of aromatic amines is 2. The monoisotopic (exact) mass is 473 g/mol. The molecule has 5 aromatic rings. The molecule has 7 heteroatoms. The van der Waals surface area contributed by atoms with Crippen molar-refractivity contribution < 1.29 is 0 Å². The summed E-state index contributed by atoms with van der Waals surface area (Å²) in [6.45, 7) is 8.49. The Bertz CT molecular complexity index is 1670. The number of H-pyrrole nitrogens is 2. The van der Waals surface area contributed by atoms with Crippen molar-refractivity contribution in [1.82, 2.24) is 30.1 Å². The Morgan fingerprint density at radius 3 is 2.86 bits per heavy atom. The second-order valence-electron chi connectivity index (χ2n) is 9.56. The number of nitrogens with one attached hydrogen (secondary N) is 3. The minimum Gasteiger partial charge on any atom is -0.358 e. The Balaban J connectivity index is 1.37. The van der Waals surface area contributed by atoms with Crippen LogP contribution in [0.5, 0.6) is 0 Å². The van der Waals surface area contributed by atoms with E-state index in [0.717, 1.165) is 80.1 Å². The van der Waals surface area contributed by atoms with Crippen LogP contribution < -0.4 is 5.32 Å². The smallest absolute Gasteiger partial charge is 0.135 e. The lowest BCUT2D eigenvalue weighted by Crippen LogP contribution is -2.02. The first-order chi connectivity index (χ1) is 17.5. The zero-order valence-corrected chi connectivity index (χ0v) is 20.3. The molecule has 0 spiro atoms. The number of anilines is 1. The normalized spacial score (nSPS) is 13.1. The zero-order valence-electron chi connectivity index (χ0n) is 20.3. The molecule has 0 fully saturated rings. The molecule has 178 valence electrons. The fourth-order valence-corrected chi connectivity index (χ4v) is 4.69. The van der Waals surface area contributed by atoms with Gasteiger partial charge in [0.25, 0.3) is 0 Å². The number of hydrogen-bond donors (Lipinski definition) is 3. The van der Waals surface area contributed by atoms with E-state index in [9.17, 15) is 0 Å².